The predicted octanol–water partition coefficient (Wildman–Crippen LogP) is 2.29. The molecule has 0 spiro atoms. The highest BCUT2D eigenvalue weighted by Gasteiger charge is 2.22. The third kappa shape index (κ3) is 2.48. The van der Waals surface area contributed by atoms with E-state index in [4.69, 9.17) is 0 Å². The molecule has 124 valence electrons. The van der Waals surface area contributed by atoms with Crippen molar-refractivity contribution in [2.75, 3.05) is 31.1 Å². The molecule has 3 aromatic rings. The fourth-order valence-electron chi connectivity index (χ4n) is 3.21. The molecule has 0 amide bonds. The molecule has 5 nitrogen and oxygen atoms in total. The normalized spacial score (nSPS) is 15.8. The number of fused-ring (bicyclic) bond motifs is 1. The summed E-state index contributed by atoms with van der Waals surface area (Å²) in [6, 6.07) is 16.4. The fourth-order valence-corrected chi connectivity index (χ4v) is 4.60. The van der Waals surface area contributed by atoms with Crippen LogP contribution in [0.3, 0.4) is 0 Å². The third-order valence-corrected chi connectivity index (χ3v) is 6.10. The second-order valence-corrected chi connectivity index (χ2v) is 7.70. The lowest BCUT2D eigenvalue weighted by atomic mass is 10.2. The smallest absolute Gasteiger partial charge is 0.268 e. The van der Waals surface area contributed by atoms with E-state index in [2.05, 4.69) is 10.2 Å². The zero-order valence-corrected chi connectivity index (χ0v) is 14.0. The van der Waals surface area contributed by atoms with Crippen molar-refractivity contribution in [3.63, 3.8) is 0 Å². The first-order valence-corrected chi connectivity index (χ1v) is 9.48. The van der Waals surface area contributed by atoms with Crippen LogP contribution in [0.2, 0.25) is 0 Å². The van der Waals surface area contributed by atoms with Gasteiger partial charge in [-0.3, -0.25) is 0 Å². The molecule has 1 N–H and O–H groups in total. The number of anilines is 1. The summed E-state index contributed by atoms with van der Waals surface area (Å²) in [4.78, 5) is 2.55. The molecule has 1 aliphatic heterocycles. The number of nitrogens with one attached hydrogen (secondary N) is 1. The first kappa shape index (κ1) is 15.2. The van der Waals surface area contributed by atoms with Crippen LogP contribution in [0.4, 0.5) is 5.69 Å². The minimum atomic E-state index is -3.61. The maximum absolute atomic E-state index is 13.1. The molecule has 0 aliphatic carbocycles. The van der Waals surface area contributed by atoms with Crippen molar-refractivity contribution in [2.24, 2.45) is 0 Å². The Bertz CT molecular complexity index is 958. The molecule has 0 unspecified atom stereocenters. The lowest BCUT2D eigenvalue weighted by molar-refractivity contribution is 0.586. The SMILES string of the molecule is O=S(=O)(c1ccccc1)n1ccc2cccc(N3CCNCC3)c21. The Balaban J connectivity index is 1.91. The van der Waals surface area contributed by atoms with E-state index in [0.717, 1.165) is 42.8 Å². The van der Waals surface area contributed by atoms with Crippen molar-refractivity contribution in [3.05, 3.63) is 60.8 Å². The van der Waals surface area contributed by atoms with Gasteiger partial charge in [-0.1, -0.05) is 30.3 Å². The van der Waals surface area contributed by atoms with Crippen LogP contribution in [-0.4, -0.2) is 38.6 Å². The highest BCUT2D eigenvalue weighted by atomic mass is 32.2. The third-order valence-electron chi connectivity index (χ3n) is 4.41. The summed E-state index contributed by atoms with van der Waals surface area (Å²) in [7, 11) is -3.61. The minimum Gasteiger partial charge on any atom is -0.367 e. The Morgan fingerprint density at radius 1 is 0.875 bits per heavy atom. The Labute approximate surface area is 141 Å². The van der Waals surface area contributed by atoms with Gasteiger partial charge < -0.3 is 10.2 Å². The number of hydrogen-bond acceptors (Lipinski definition) is 4. The number of hydrogen-bond donors (Lipinski definition) is 1. The maximum Gasteiger partial charge on any atom is 0.268 e. The Morgan fingerprint density at radius 3 is 2.38 bits per heavy atom. The first-order chi connectivity index (χ1) is 11.7. The van der Waals surface area contributed by atoms with Gasteiger partial charge >= 0.3 is 0 Å². The molecule has 1 saturated heterocycles. The molecule has 6 heteroatoms. The Kier molecular flexibility index (Phi) is 3.78. The van der Waals surface area contributed by atoms with E-state index < -0.39 is 10.0 Å². The van der Waals surface area contributed by atoms with E-state index >= 15 is 0 Å². The summed E-state index contributed by atoms with van der Waals surface area (Å²) < 4.78 is 27.6. The Morgan fingerprint density at radius 2 is 1.62 bits per heavy atom. The highest BCUT2D eigenvalue weighted by Crippen LogP contribution is 2.31. The fraction of sp³-hybridized carbons (Fsp3) is 0.222. The van der Waals surface area contributed by atoms with Gasteiger partial charge in [0.15, 0.2) is 0 Å². The molecule has 4 rings (SSSR count). The largest absolute Gasteiger partial charge is 0.367 e. The van der Waals surface area contributed by atoms with Gasteiger partial charge in [0, 0.05) is 37.8 Å². The standard InChI is InChI=1S/C18H19N3O2S/c22-24(23,16-6-2-1-3-7-16)21-12-9-15-5-4-8-17(18(15)21)20-13-10-19-11-14-20/h1-9,12,19H,10-11,13-14H2. The highest BCUT2D eigenvalue weighted by molar-refractivity contribution is 7.90. The number of rotatable bonds is 3. The molecule has 0 bridgehead atoms. The van der Waals surface area contributed by atoms with Crippen molar-refractivity contribution in [3.8, 4) is 0 Å². The number of piperazine rings is 1. The quantitative estimate of drug-likeness (QED) is 0.794. The van der Waals surface area contributed by atoms with E-state index in [-0.39, 0.29) is 0 Å². The monoisotopic (exact) mass is 341 g/mol. The predicted molar refractivity (Wildman–Crippen MR) is 96.0 cm³/mol. The first-order valence-electron chi connectivity index (χ1n) is 8.04. The summed E-state index contributed by atoms with van der Waals surface area (Å²) in [5, 5.41) is 4.27. The molecule has 2 heterocycles. The minimum absolute atomic E-state index is 0.303. The summed E-state index contributed by atoms with van der Waals surface area (Å²) in [6.45, 7) is 3.55. The van der Waals surface area contributed by atoms with E-state index in [9.17, 15) is 8.42 Å². The second-order valence-electron chi connectivity index (χ2n) is 5.88. The summed E-state index contributed by atoms with van der Waals surface area (Å²) in [5.41, 5.74) is 1.72. The molecule has 1 fully saturated rings. The lowest BCUT2D eigenvalue weighted by Crippen LogP contribution is -2.43. The molecule has 24 heavy (non-hydrogen) atoms. The van der Waals surface area contributed by atoms with Crippen LogP contribution in [-0.2, 0) is 10.0 Å². The number of benzene rings is 2. The van der Waals surface area contributed by atoms with Gasteiger partial charge in [-0.05, 0) is 24.3 Å². The van der Waals surface area contributed by atoms with E-state index in [1.165, 1.54) is 3.97 Å². The molecular formula is C18H19N3O2S. The van der Waals surface area contributed by atoms with Gasteiger partial charge in [0.1, 0.15) is 0 Å². The van der Waals surface area contributed by atoms with Crippen LogP contribution < -0.4 is 10.2 Å². The van der Waals surface area contributed by atoms with E-state index in [1.807, 2.05) is 30.3 Å². The summed E-state index contributed by atoms with van der Waals surface area (Å²) in [6.07, 6.45) is 1.65. The van der Waals surface area contributed by atoms with Gasteiger partial charge in [-0.2, -0.15) is 0 Å². The summed E-state index contributed by atoms with van der Waals surface area (Å²) in [5.74, 6) is 0. The van der Waals surface area contributed by atoms with Crippen molar-refractivity contribution >= 4 is 26.6 Å². The van der Waals surface area contributed by atoms with Gasteiger partial charge in [0.2, 0.25) is 0 Å². The molecule has 1 aromatic heterocycles. The molecule has 0 atom stereocenters. The van der Waals surface area contributed by atoms with Crippen molar-refractivity contribution < 1.29 is 8.42 Å². The van der Waals surface area contributed by atoms with Crippen LogP contribution in [0.5, 0.6) is 0 Å². The van der Waals surface area contributed by atoms with E-state index in [0.29, 0.717) is 4.90 Å². The zero-order chi connectivity index (χ0) is 16.6. The van der Waals surface area contributed by atoms with Gasteiger partial charge in [0.25, 0.3) is 10.0 Å². The van der Waals surface area contributed by atoms with Crippen LogP contribution in [0.1, 0.15) is 0 Å². The maximum atomic E-state index is 13.1. The van der Waals surface area contributed by atoms with Gasteiger partial charge in [0.05, 0.1) is 16.1 Å². The molecular weight excluding hydrogens is 322 g/mol. The van der Waals surface area contributed by atoms with Crippen LogP contribution in [0.15, 0.2) is 65.7 Å². The summed E-state index contributed by atoms with van der Waals surface area (Å²) >= 11 is 0. The molecule has 0 radical (unpaired) electrons. The van der Waals surface area contributed by atoms with Crippen molar-refractivity contribution in [1.82, 2.24) is 9.29 Å². The molecule has 0 saturated carbocycles. The van der Waals surface area contributed by atoms with Crippen LogP contribution >= 0.6 is 0 Å². The molecule has 2 aromatic carbocycles. The zero-order valence-electron chi connectivity index (χ0n) is 13.2. The lowest BCUT2D eigenvalue weighted by Gasteiger charge is -2.30. The average Bonchev–Trinajstić information content (AvgIpc) is 3.08. The second kappa shape index (κ2) is 5.96. The van der Waals surface area contributed by atoms with Crippen molar-refractivity contribution in [1.29, 1.82) is 0 Å². The van der Waals surface area contributed by atoms with Gasteiger partial charge in [-0.25, -0.2) is 12.4 Å². The van der Waals surface area contributed by atoms with E-state index in [1.54, 1.807) is 30.5 Å². The number of para-hydroxylation sites is 1. The Hall–Kier alpha value is -2.31. The average molecular weight is 341 g/mol. The number of nitrogens with zero attached hydrogens (tertiary/aromatic N) is 2. The van der Waals surface area contributed by atoms with Gasteiger partial charge in [-0.15, -0.1) is 0 Å². The van der Waals surface area contributed by atoms with Crippen LogP contribution in [0, 0.1) is 0 Å². The van der Waals surface area contributed by atoms with Crippen molar-refractivity contribution in [2.45, 2.75) is 4.90 Å². The topological polar surface area (TPSA) is 54.3 Å². The molecule has 1 aliphatic rings. The van der Waals surface area contributed by atoms with Crippen LogP contribution in [0.25, 0.3) is 10.9 Å². The number of aromatic nitrogens is 1.